The number of nitrogens with zero attached hydrogens (tertiary/aromatic N) is 3. The van der Waals surface area contributed by atoms with E-state index in [2.05, 4.69) is 53.5 Å². The van der Waals surface area contributed by atoms with Crippen LogP contribution in [0.3, 0.4) is 0 Å². The van der Waals surface area contributed by atoms with Crippen LogP contribution in [0.2, 0.25) is 0 Å². The fourth-order valence-electron chi connectivity index (χ4n) is 2.97. The highest BCUT2D eigenvalue weighted by Crippen LogP contribution is 2.23. The molecule has 1 aromatic heterocycles. The minimum atomic E-state index is 0.390. The summed E-state index contributed by atoms with van der Waals surface area (Å²) in [6.07, 6.45) is 2.77. The van der Waals surface area contributed by atoms with Gasteiger partial charge in [0.15, 0.2) is 0 Å². The van der Waals surface area contributed by atoms with Crippen LogP contribution >= 0.6 is 11.3 Å². The third-order valence-electron chi connectivity index (χ3n) is 4.33. The monoisotopic (exact) mass is 345 g/mol. The first-order valence-electron chi connectivity index (χ1n) is 8.69. The Hall–Kier alpha value is -1.27. The maximum atomic E-state index is 5.83. The number of benzene rings is 1. The lowest BCUT2D eigenvalue weighted by Gasteiger charge is -2.25. The zero-order chi connectivity index (χ0) is 16.8. The van der Waals surface area contributed by atoms with Crippen molar-refractivity contribution in [2.75, 3.05) is 40.3 Å². The number of likely N-dealkylation sites (N-methyl/N-ethyl adjacent to an activating group) is 1. The van der Waals surface area contributed by atoms with Gasteiger partial charge in [0.1, 0.15) is 5.01 Å². The average Bonchev–Trinajstić information content (AvgIpc) is 3.25. The van der Waals surface area contributed by atoms with Crippen LogP contribution in [0, 0.1) is 0 Å². The van der Waals surface area contributed by atoms with E-state index in [1.165, 1.54) is 23.4 Å². The van der Waals surface area contributed by atoms with Crippen molar-refractivity contribution < 1.29 is 4.74 Å². The number of thiazole rings is 1. The Morgan fingerprint density at radius 3 is 2.75 bits per heavy atom. The molecule has 1 unspecified atom stereocenters. The summed E-state index contributed by atoms with van der Waals surface area (Å²) in [5, 5.41) is 3.35. The van der Waals surface area contributed by atoms with Gasteiger partial charge in [0.2, 0.25) is 0 Å². The van der Waals surface area contributed by atoms with Crippen molar-refractivity contribution in [2.45, 2.75) is 25.5 Å². The Balaban J connectivity index is 1.63. The van der Waals surface area contributed by atoms with Gasteiger partial charge in [0, 0.05) is 37.2 Å². The first-order chi connectivity index (χ1) is 11.7. The van der Waals surface area contributed by atoms with Gasteiger partial charge in [-0.3, -0.25) is 4.90 Å². The summed E-state index contributed by atoms with van der Waals surface area (Å²) in [6.45, 7) is 4.94. The topological polar surface area (TPSA) is 28.6 Å². The van der Waals surface area contributed by atoms with Crippen LogP contribution in [0.15, 0.2) is 35.7 Å². The maximum absolute atomic E-state index is 5.83. The molecule has 0 amide bonds. The second-order valence-electron chi connectivity index (χ2n) is 6.67. The van der Waals surface area contributed by atoms with Gasteiger partial charge >= 0.3 is 0 Å². The largest absolute Gasteiger partial charge is 0.377 e. The molecule has 2 aromatic rings. The molecule has 0 radical (unpaired) electrons. The molecule has 1 saturated heterocycles. The van der Waals surface area contributed by atoms with Crippen molar-refractivity contribution in [1.29, 1.82) is 0 Å². The van der Waals surface area contributed by atoms with Gasteiger partial charge in [0.25, 0.3) is 0 Å². The molecule has 1 aromatic carbocycles. The summed E-state index contributed by atoms with van der Waals surface area (Å²) in [7, 11) is 4.25. The molecule has 2 heterocycles. The summed E-state index contributed by atoms with van der Waals surface area (Å²) in [4.78, 5) is 9.57. The molecule has 0 saturated carbocycles. The van der Waals surface area contributed by atoms with E-state index in [1.54, 1.807) is 11.3 Å². The molecule has 3 rings (SSSR count). The van der Waals surface area contributed by atoms with Crippen LogP contribution in [0.25, 0.3) is 11.3 Å². The van der Waals surface area contributed by atoms with Crippen LogP contribution in [-0.2, 0) is 11.3 Å². The SMILES string of the molecule is CN(C)CCN(Cc1nc(-c2ccccc2)cs1)CC1CCCO1. The normalized spacial score (nSPS) is 17.9. The molecule has 1 atom stereocenters. The summed E-state index contributed by atoms with van der Waals surface area (Å²) < 4.78 is 5.83. The van der Waals surface area contributed by atoms with E-state index in [4.69, 9.17) is 9.72 Å². The lowest BCUT2D eigenvalue weighted by Crippen LogP contribution is -2.36. The van der Waals surface area contributed by atoms with Gasteiger partial charge in [-0.25, -0.2) is 4.98 Å². The van der Waals surface area contributed by atoms with Crippen molar-refractivity contribution in [1.82, 2.24) is 14.8 Å². The molecule has 1 aliphatic rings. The minimum absolute atomic E-state index is 0.390. The van der Waals surface area contributed by atoms with Crippen LogP contribution in [-0.4, -0.2) is 61.2 Å². The lowest BCUT2D eigenvalue weighted by atomic mass is 10.2. The first kappa shape index (κ1) is 17.5. The maximum Gasteiger partial charge on any atom is 0.107 e. The quantitative estimate of drug-likeness (QED) is 0.733. The number of ether oxygens (including phenoxy) is 1. The molecule has 5 heteroatoms. The molecule has 24 heavy (non-hydrogen) atoms. The molecular weight excluding hydrogens is 318 g/mol. The van der Waals surface area contributed by atoms with Crippen LogP contribution in [0.1, 0.15) is 17.8 Å². The number of hydrogen-bond donors (Lipinski definition) is 0. The number of hydrogen-bond acceptors (Lipinski definition) is 5. The van der Waals surface area contributed by atoms with E-state index < -0.39 is 0 Å². The van der Waals surface area contributed by atoms with Gasteiger partial charge in [0.05, 0.1) is 18.3 Å². The zero-order valence-corrected chi connectivity index (χ0v) is 15.5. The molecule has 130 valence electrons. The summed E-state index contributed by atoms with van der Waals surface area (Å²) in [5.41, 5.74) is 2.28. The Morgan fingerprint density at radius 2 is 2.04 bits per heavy atom. The summed E-state index contributed by atoms with van der Waals surface area (Å²) in [5.74, 6) is 0. The van der Waals surface area contributed by atoms with Gasteiger partial charge in [-0.2, -0.15) is 0 Å². The van der Waals surface area contributed by atoms with Gasteiger partial charge < -0.3 is 9.64 Å². The molecule has 1 fully saturated rings. The molecule has 4 nitrogen and oxygen atoms in total. The predicted octanol–water partition coefficient (Wildman–Crippen LogP) is 3.35. The first-order valence-corrected chi connectivity index (χ1v) is 9.57. The van der Waals surface area contributed by atoms with Gasteiger partial charge in [-0.15, -0.1) is 11.3 Å². The Morgan fingerprint density at radius 1 is 1.21 bits per heavy atom. The van der Waals surface area contributed by atoms with Gasteiger partial charge in [-0.1, -0.05) is 30.3 Å². The van der Waals surface area contributed by atoms with Crippen LogP contribution in [0.4, 0.5) is 0 Å². The lowest BCUT2D eigenvalue weighted by molar-refractivity contribution is 0.0682. The Labute approximate surface area is 149 Å². The smallest absolute Gasteiger partial charge is 0.107 e. The van der Waals surface area contributed by atoms with E-state index in [1.807, 2.05) is 6.07 Å². The van der Waals surface area contributed by atoms with E-state index in [0.29, 0.717) is 6.10 Å². The molecule has 1 aliphatic heterocycles. The van der Waals surface area contributed by atoms with Crippen molar-refractivity contribution in [2.24, 2.45) is 0 Å². The Bertz CT molecular complexity index is 608. The molecular formula is C19H27N3OS. The van der Waals surface area contributed by atoms with Crippen molar-refractivity contribution in [3.63, 3.8) is 0 Å². The highest BCUT2D eigenvalue weighted by molar-refractivity contribution is 7.09. The molecule has 0 bridgehead atoms. The van der Waals surface area contributed by atoms with Crippen molar-refractivity contribution in [3.05, 3.63) is 40.7 Å². The van der Waals surface area contributed by atoms with Crippen LogP contribution < -0.4 is 0 Å². The fraction of sp³-hybridized carbons (Fsp3) is 0.526. The van der Waals surface area contributed by atoms with E-state index >= 15 is 0 Å². The predicted molar refractivity (Wildman–Crippen MR) is 100 cm³/mol. The second kappa shape index (κ2) is 8.72. The zero-order valence-electron chi connectivity index (χ0n) is 14.6. The number of aromatic nitrogens is 1. The third kappa shape index (κ3) is 5.11. The third-order valence-corrected chi connectivity index (χ3v) is 5.16. The minimum Gasteiger partial charge on any atom is -0.377 e. The standard InChI is InChI=1S/C19H27N3OS/c1-21(2)10-11-22(13-17-9-6-12-23-17)14-19-20-18(15-24-19)16-7-4-3-5-8-16/h3-5,7-8,15,17H,6,9-14H2,1-2H3. The van der Waals surface area contributed by atoms with Gasteiger partial charge in [-0.05, 0) is 26.9 Å². The summed E-state index contributed by atoms with van der Waals surface area (Å²) >= 11 is 1.76. The molecule has 0 N–H and O–H groups in total. The van der Waals surface area contributed by atoms with E-state index in [0.717, 1.165) is 38.5 Å². The number of rotatable bonds is 8. The molecule has 0 aliphatic carbocycles. The molecule has 0 spiro atoms. The second-order valence-corrected chi connectivity index (χ2v) is 7.61. The van der Waals surface area contributed by atoms with E-state index in [-0.39, 0.29) is 0 Å². The van der Waals surface area contributed by atoms with Crippen molar-refractivity contribution in [3.8, 4) is 11.3 Å². The average molecular weight is 346 g/mol. The van der Waals surface area contributed by atoms with Crippen molar-refractivity contribution >= 4 is 11.3 Å². The summed E-state index contributed by atoms with van der Waals surface area (Å²) in [6, 6.07) is 10.4. The fourth-order valence-corrected chi connectivity index (χ4v) is 3.81. The Kier molecular flexibility index (Phi) is 6.37. The highest BCUT2D eigenvalue weighted by atomic mass is 32.1. The van der Waals surface area contributed by atoms with E-state index in [9.17, 15) is 0 Å². The van der Waals surface area contributed by atoms with Crippen LogP contribution in [0.5, 0.6) is 0 Å². The highest BCUT2D eigenvalue weighted by Gasteiger charge is 2.20.